The van der Waals surface area contributed by atoms with Crippen molar-refractivity contribution in [2.75, 3.05) is 13.2 Å². The Kier molecular flexibility index (Phi) is 5.51. The predicted molar refractivity (Wildman–Crippen MR) is 66.3 cm³/mol. The Hall–Kier alpha value is -1.69. The lowest BCUT2D eigenvalue weighted by molar-refractivity contribution is 0.0541. The first-order valence-electron chi connectivity index (χ1n) is 5.86. The second-order valence-corrected chi connectivity index (χ2v) is 4.05. The maximum atomic E-state index is 11.6. The van der Waals surface area contributed by atoms with Crippen LogP contribution in [0.5, 0.6) is 0 Å². The van der Waals surface area contributed by atoms with Gasteiger partial charge in [-0.2, -0.15) is 0 Å². The molecule has 0 amide bonds. The summed E-state index contributed by atoms with van der Waals surface area (Å²) >= 11 is 0. The van der Waals surface area contributed by atoms with E-state index in [1.807, 2.05) is 13.8 Å². The van der Waals surface area contributed by atoms with Crippen molar-refractivity contribution in [1.29, 1.82) is 0 Å². The van der Waals surface area contributed by atoms with Crippen molar-refractivity contribution in [3.63, 3.8) is 0 Å². The summed E-state index contributed by atoms with van der Waals surface area (Å²) in [6.45, 7) is 10.4. The van der Waals surface area contributed by atoms with E-state index in [-0.39, 0.29) is 18.4 Å². The molecule has 0 bridgehead atoms. The van der Waals surface area contributed by atoms with Crippen LogP contribution in [0.25, 0.3) is 0 Å². The number of carbonyl (C=O) groups excluding carboxylic acids is 1. The lowest BCUT2D eigenvalue weighted by Crippen LogP contribution is -2.13. The second kappa shape index (κ2) is 6.90. The largest absolute Gasteiger partial charge is 0.457 e. The Morgan fingerprint density at radius 3 is 2.89 bits per heavy atom. The maximum absolute atomic E-state index is 11.6. The molecule has 6 heteroatoms. The Morgan fingerprint density at radius 1 is 1.56 bits per heavy atom. The van der Waals surface area contributed by atoms with Crippen molar-refractivity contribution in [1.82, 2.24) is 15.0 Å². The Morgan fingerprint density at radius 2 is 2.28 bits per heavy atom. The first-order valence-corrected chi connectivity index (χ1v) is 5.86. The predicted octanol–water partition coefficient (Wildman–Crippen LogP) is 1.35. The van der Waals surface area contributed by atoms with E-state index in [9.17, 15) is 4.79 Å². The lowest BCUT2D eigenvalue weighted by Gasteiger charge is -2.07. The molecule has 0 fully saturated rings. The number of hydrogen-bond donors (Lipinski definition) is 0. The summed E-state index contributed by atoms with van der Waals surface area (Å²) in [5.41, 5.74) is 0.915. The summed E-state index contributed by atoms with van der Waals surface area (Å²) in [4.78, 5) is 11.6. The fourth-order valence-corrected chi connectivity index (χ4v) is 1.34. The van der Waals surface area contributed by atoms with Crippen molar-refractivity contribution in [2.24, 2.45) is 0 Å². The summed E-state index contributed by atoms with van der Waals surface area (Å²) in [6.07, 6.45) is 1.68. The zero-order valence-corrected chi connectivity index (χ0v) is 11.0. The van der Waals surface area contributed by atoms with Gasteiger partial charge in [0.1, 0.15) is 6.61 Å². The van der Waals surface area contributed by atoms with E-state index >= 15 is 0 Å². The van der Waals surface area contributed by atoms with Gasteiger partial charge in [-0.25, -0.2) is 9.48 Å². The molecule has 0 aromatic carbocycles. The van der Waals surface area contributed by atoms with E-state index in [0.29, 0.717) is 18.8 Å². The fraction of sp³-hybridized carbons (Fsp3) is 0.583. The minimum Gasteiger partial charge on any atom is -0.457 e. The number of ether oxygens (including phenoxy) is 2. The fourth-order valence-electron chi connectivity index (χ4n) is 1.34. The van der Waals surface area contributed by atoms with Gasteiger partial charge in [0.25, 0.3) is 0 Å². The summed E-state index contributed by atoms with van der Waals surface area (Å²) in [5.74, 6) is -0.483. The molecule has 1 heterocycles. The zero-order chi connectivity index (χ0) is 13.5. The third-order valence-corrected chi connectivity index (χ3v) is 2.26. The molecule has 0 aliphatic rings. The van der Waals surface area contributed by atoms with Crippen LogP contribution < -0.4 is 0 Å². The van der Waals surface area contributed by atoms with E-state index in [4.69, 9.17) is 9.47 Å². The molecule has 6 nitrogen and oxygen atoms in total. The summed E-state index contributed by atoms with van der Waals surface area (Å²) in [6, 6.07) is 0. The molecule has 1 aromatic rings. The quantitative estimate of drug-likeness (QED) is 0.542. The highest BCUT2D eigenvalue weighted by Crippen LogP contribution is 2.05. The third-order valence-electron chi connectivity index (χ3n) is 2.26. The van der Waals surface area contributed by atoms with Crippen LogP contribution in [0, 0.1) is 6.92 Å². The monoisotopic (exact) mass is 253 g/mol. The number of hydrogen-bond acceptors (Lipinski definition) is 5. The SMILES string of the molecule is C=CCOC(=O)c1nnn(CCOC(C)C)c1C. The minimum atomic E-state index is -0.483. The van der Waals surface area contributed by atoms with Crippen molar-refractivity contribution in [3.05, 3.63) is 24.0 Å². The standard InChI is InChI=1S/C12H19N3O3/c1-5-7-18-12(16)11-10(4)15(14-13-11)6-8-17-9(2)3/h5,9H,1,6-8H2,2-4H3. The van der Waals surface area contributed by atoms with Gasteiger partial charge in [-0.05, 0) is 20.8 Å². The zero-order valence-electron chi connectivity index (χ0n) is 11.0. The van der Waals surface area contributed by atoms with Crippen molar-refractivity contribution >= 4 is 5.97 Å². The number of nitrogens with zero attached hydrogens (tertiary/aromatic N) is 3. The number of esters is 1. The average molecular weight is 253 g/mol. The van der Waals surface area contributed by atoms with Gasteiger partial charge in [0.15, 0.2) is 5.69 Å². The van der Waals surface area contributed by atoms with Crippen LogP contribution >= 0.6 is 0 Å². The molecule has 18 heavy (non-hydrogen) atoms. The molecule has 0 atom stereocenters. The van der Waals surface area contributed by atoms with Gasteiger partial charge >= 0.3 is 5.97 Å². The Bertz CT molecular complexity index is 413. The van der Waals surface area contributed by atoms with Crippen molar-refractivity contribution in [2.45, 2.75) is 33.4 Å². The van der Waals surface area contributed by atoms with Crippen molar-refractivity contribution < 1.29 is 14.3 Å². The van der Waals surface area contributed by atoms with Crippen LogP contribution in [-0.4, -0.2) is 40.3 Å². The first kappa shape index (κ1) is 14.4. The molecule has 0 radical (unpaired) electrons. The highest BCUT2D eigenvalue weighted by atomic mass is 16.5. The first-order chi connectivity index (χ1) is 8.56. The van der Waals surface area contributed by atoms with Crippen LogP contribution in [0.3, 0.4) is 0 Å². The second-order valence-electron chi connectivity index (χ2n) is 4.05. The van der Waals surface area contributed by atoms with Crippen LogP contribution in [0.2, 0.25) is 0 Å². The van der Waals surface area contributed by atoms with Gasteiger partial charge in [-0.15, -0.1) is 5.10 Å². The number of aromatic nitrogens is 3. The molecule has 0 unspecified atom stereocenters. The van der Waals surface area contributed by atoms with E-state index < -0.39 is 5.97 Å². The highest BCUT2D eigenvalue weighted by Gasteiger charge is 2.17. The smallest absolute Gasteiger partial charge is 0.361 e. The normalized spacial score (nSPS) is 10.7. The minimum absolute atomic E-state index is 0.168. The van der Waals surface area contributed by atoms with Crippen LogP contribution in [0.1, 0.15) is 30.0 Å². The van der Waals surface area contributed by atoms with Gasteiger partial charge in [-0.3, -0.25) is 0 Å². The topological polar surface area (TPSA) is 66.2 Å². The van der Waals surface area contributed by atoms with Gasteiger partial charge in [0, 0.05) is 0 Å². The number of carbonyl (C=O) groups is 1. The van der Waals surface area contributed by atoms with E-state index in [1.165, 1.54) is 6.08 Å². The molecular weight excluding hydrogens is 234 g/mol. The Labute approximate surface area is 107 Å². The average Bonchev–Trinajstić information content (AvgIpc) is 2.68. The molecular formula is C12H19N3O3. The summed E-state index contributed by atoms with van der Waals surface area (Å²) in [5, 5.41) is 7.72. The molecule has 0 aliphatic heterocycles. The van der Waals surface area contributed by atoms with E-state index in [1.54, 1.807) is 11.6 Å². The summed E-state index contributed by atoms with van der Waals surface area (Å²) in [7, 11) is 0. The molecule has 0 aliphatic carbocycles. The molecule has 100 valence electrons. The van der Waals surface area contributed by atoms with Gasteiger partial charge in [-0.1, -0.05) is 17.9 Å². The molecule has 0 saturated heterocycles. The van der Waals surface area contributed by atoms with Gasteiger partial charge in [0.05, 0.1) is 24.9 Å². The molecule has 1 aromatic heterocycles. The third kappa shape index (κ3) is 3.96. The van der Waals surface area contributed by atoms with Crippen LogP contribution in [0.4, 0.5) is 0 Å². The number of rotatable bonds is 7. The van der Waals surface area contributed by atoms with Gasteiger partial charge in [0.2, 0.25) is 0 Å². The van der Waals surface area contributed by atoms with Crippen LogP contribution in [0.15, 0.2) is 12.7 Å². The Balaban J connectivity index is 2.59. The van der Waals surface area contributed by atoms with Crippen LogP contribution in [-0.2, 0) is 16.0 Å². The lowest BCUT2D eigenvalue weighted by atomic mass is 10.3. The van der Waals surface area contributed by atoms with E-state index in [0.717, 1.165) is 0 Å². The molecule has 0 N–H and O–H groups in total. The molecule has 0 spiro atoms. The van der Waals surface area contributed by atoms with Crippen molar-refractivity contribution in [3.8, 4) is 0 Å². The molecule has 0 saturated carbocycles. The van der Waals surface area contributed by atoms with E-state index in [2.05, 4.69) is 16.9 Å². The summed E-state index contributed by atoms with van der Waals surface area (Å²) < 4.78 is 12.0. The highest BCUT2D eigenvalue weighted by molar-refractivity contribution is 5.88. The molecule has 1 rings (SSSR count). The van der Waals surface area contributed by atoms with Gasteiger partial charge < -0.3 is 9.47 Å². The maximum Gasteiger partial charge on any atom is 0.361 e.